The van der Waals surface area contributed by atoms with Gasteiger partial charge in [-0.1, -0.05) is 6.07 Å². The molecule has 0 atom stereocenters. The highest BCUT2D eigenvalue weighted by Crippen LogP contribution is 2.31. The predicted octanol–water partition coefficient (Wildman–Crippen LogP) is 3.18. The fraction of sp³-hybridized carbons (Fsp3) is 0.333. The van der Waals surface area contributed by atoms with Crippen molar-refractivity contribution >= 4 is 5.69 Å². The number of para-hydroxylation sites is 1. The van der Waals surface area contributed by atoms with E-state index in [1.54, 1.807) is 0 Å². The summed E-state index contributed by atoms with van der Waals surface area (Å²) in [5.41, 5.74) is 5.21. The summed E-state index contributed by atoms with van der Waals surface area (Å²) in [5.74, 6) is -0.176. The Labute approximate surface area is 97.5 Å². The Morgan fingerprint density at radius 1 is 0.889 bits per heavy atom. The average molecular weight is 277 g/mol. The largest absolute Gasteiger partial charge is 0.506 e. The van der Waals surface area contributed by atoms with Gasteiger partial charge in [0.15, 0.2) is 0 Å². The first kappa shape index (κ1) is 16.2. The number of hydrogen-bond donors (Lipinski definition) is 3. The number of anilines is 1. The first-order valence-corrected chi connectivity index (χ1v) is 4.32. The number of aromatic hydroxyl groups is 2. The van der Waals surface area contributed by atoms with Crippen molar-refractivity contribution in [2.45, 2.75) is 18.8 Å². The minimum Gasteiger partial charge on any atom is -0.506 e. The van der Waals surface area contributed by atoms with Crippen molar-refractivity contribution in [2.24, 2.45) is 0 Å². The molecule has 0 saturated carbocycles. The number of benzene rings is 1. The molecule has 0 aliphatic heterocycles. The van der Waals surface area contributed by atoms with E-state index in [1.165, 1.54) is 18.2 Å². The van der Waals surface area contributed by atoms with Gasteiger partial charge in [-0.2, -0.15) is 26.3 Å². The molecule has 0 aliphatic rings. The molecule has 0 bridgehead atoms. The summed E-state index contributed by atoms with van der Waals surface area (Å²) < 4.78 is 65.0. The number of nitrogens with two attached hydrogens (primary N) is 1. The maximum atomic E-state index is 10.8. The molecule has 18 heavy (non-hydrogen) atoms. The summed E-state index contributed by atoms with van der Waals surface area (Å²) in [6.45, 7) is 0. The van der Waals surface area contributed by atoms with Gasteiger partial charge in [-0.25, -0.2) is 0 Å². The average Bonchev–Trinajstić information content (AvgIpc) is 2.09. The minimum absolute atomic E-state index is 0.0255. The van der Waals surface area contributed by atoms with E-state index in [2.05, 4.69) is 0 Å². The van der Waals surface area contributed by atoms with Crippen LogP contribution in [0.25, 0.3) is 0 Å². The highest BCUT2D eigenvalue weighted by molar-refractivity contribution is 5.60. The number of hydrogen-bond acceptors (Lipinski definition) is 3. The van der Waals surface area contributed by atoms with Crippen LogP contribution in [0.3, 0.4) is 0 Å². The van der Waals surface area contributed by atoms with E-state index in [9.17, 15) is 26.3 Å². The fourth-order valence-electron chi connectivity index (χ4n) is 0.768. The van der Waals surface area contributed by atoms with Crippen LogP contribution >= 0.6 is 0 Å². The van der Waals surface area contributed by atoms with Crippen molar-refractivity contribution in [1.82, 2.24) is 0 Å². The summed E-state index contributed by atoms with van der Waals surface area (Å²) in [4.78, 5) is 0. The van der Waals surface area contributed by atoms with E-state index in [1.807, 2.05) is 0 Å². The smallest absolute Gasteiger partial charge is 0.397 e. The van der Waals surface area contributed by atoms with E-state index in [4.69, 9.17) is 15.9 Å². The molecule has 1 rings (SSSR count). The fourth-order valence-corrected chi connectivity index (χ4v) is 0.768. The molecule has 0 saturated heterocycles. The van der Waals surface area contributed by atoms with Crippen molar-refractivity contribution in [2.75, 3.05) is 5.73 Å². The summed E-state index contributed by atoms with van der Waals surface area (Å²) in [7, 11) is 0. The quantitative estimate of drug-likeness (QED) is 0.387. The molecule has 0 radical (unpaired) electrons. The Balaban J connectivity index is 0.000000321. The molecule has 1 aromatic rings. The lowest BCUT2D eigenvalue weighted by Crippen LogP contribution is -2.20. The van der Waals surface area contributed by atoms with Gasteiger partial charge in [0.1, 0.15) is 23.6 Å². The van der Waals surface area contributed by atoms with Gasteiger partial charge in [0.25, 0.3) is 0 Å². The second kappa shape index (κ2) is 5.69. The van der Waals surface area contributed by atoms with Gasteiger partial charge in [0.2, 0.25) is 0 Å². The number of rotatable bonds is 0. The molecule has 1 aromatic carbocycles. The summed E-state index contributed by atoms with van der Waals surface area (Å²) in [6.07, 6.45) is -13.0. The highest BCUT2D eigenvalue weighted by Gasteiger charge is 2.43. The topological polar surface area (TPSA) is 66.5 Å². The van der Waals surface area contributed by atoms with Crippen molar-refractivity contribution in [1.29, 1.82) is 0 Å². The van der Waals surface area contributed by atoms with E-state index >= 15 is 0 Å². The number of alkyl halides is 6. The van der Waals surface area contributed by atoms with Crippen LogP contribution in [0.2, 0.25) is 0 Å². The molecule has 0 aliphatic carbocycles. The SMILES string of the molecule is FC(F)(F)CC(F)(F)F.Nc1c(O)cccc1O. The van der Waals surface area contributed by atoms with Gasteiger partial charge in [-0.15, -0.1) is 0 Å². The van der Waals surface area contributed by atoms with Crippen LogP contribution in [0, 0.1) is 0 Å². The molecule has 4 N–H and O–H groups in total. The zero-order chi connectivity index (χ0) is 14.6. The summed E-state index contributed by atoms with van der Waals surface area (Å²) >= 11 is 0. The van der Waals surface area contributed by atoms with Gasteiger partial charge in [0, 0.05) is 0 Å². The lowest BCUT2D eigenvalue weighted by molar-refractivity contribution is -0.232. The Kier molecular flexibility index (Phi) is 5.12. The number of phenolic OH excluding ortho intramolecular Hbond substituents is 2. The minimum atomic E-state index is -5.14. The van der Waals surface area contributed by atoms with Crippen LogP contribution < -0.4 is 5.73 Å². The van der Waals surface area contributed by atoms with Crippen molar-refractivity contribution < 1.29 is 36.6 Å². The zero-order valence-corrected chi connectivity index (χ0v) is 8.68. The molecule has 0 aromatic heterocycles. The third-order valence-corrected chi connectivity index (χ3v) is 1.46. The van der Waals surface area contributed by atoms with Crippen LogP contribution in [0.4, 0.5) is 32.0 Å². The molecule has 0 heterocycles. The first-order chi connectivity index (χ1) is 7.92. The monoisotopic (exact) mass is 277 g/mol. The van der Waals surface area contributed by atoms with Gasteiger partial charge in [-0.3, -0.25) is 0 Å². The Bertz CT molecular complexity index is 355. The van der Waals surface area contributed by atoms with E-state index < -0.39 is 18.8 Å². The van der Waals surface area contributed by atoms with Crippen LogP contribution in [-0.2, 0) is 0 Å². The summed E-state index contributed by atoms with van der Waals surface area (Å²) in [6, 6.07) is 4.34. The molecule has 0 spiro atoms. The lowest BCUT2D eigenvalue weighted by Gasteiger charge is -2.08. The molecule has 104 valence electrons. The van der Waals surface area contributed by atoms with E-state index in [-0.39, 0.29) is 17.2 Å². The van der Waals surface area contributed by atoms with Gasteiger partial charge < -0.3 is 15.9 Å². The number of nitrogen functional groups attached to an aromatic ring is 1. The van der Waals surface area contributed by atoms with Gasteiger partial charge in [-0.05, 0) is 12.1 Å². The highest BCUT2D eigenvalue weighted by atomic mass is 19.4. The molecule has 3 nitrogen and oxygen atoms in total. The zero-order valence-electron chi connectivity index (χ0n) is 8.68. The maximum Gasteiger partial charge on any atom is 0.397 e. The van der Waals surface area contributed by atoms with Gasteiger partial charge >= 0.3 is 12.4 Å². The second-order valence-electron chi connectivity index (χ2n) is 3.12. The maximum absolute atomic E-state index is 10.8. The number of phenols is 2. The van der Waals surface area contributed by atoms with E-state index in [0.717, 1.165) is 0 Å². The van der Waals surface area contributed by atoms with Crippen LogP contribution in [0.15, 0.2) is 18.2 Å². The van der Waals surface area contributed by atoms with Crippen molar-refractivity contribution in [3.63, 3.8) is 0 Å². The molecule has 9 heteroatoms. The first-order valence-electron chi connectivity index (χ1n) is 4.32. The van der Waals surface area contributed by atoms with Gasteiger partial charge in [0.05, 0.1) is 0 Å². The second-order valence-corrected chi connectivity index (χ2v) is 3.12. The normalized spacial score (nSPS) is 11.7. The molecular weight excluding hydrogens is 268 g/mol. The van der Waals surface area contributed by atoms with Crippen LogP contribution in [0.5, 0.6) is 11.5 Å². The predicted molar refractivity (Wildman–Crippen MR) is 50.9 cm³/mol. The van der Waals surface area contributed by atoms with E-state index in [0.29, 0.717) is 0 Å². The standard InChI is InChI=1S/C6H7NO2.C3H2F6/c7-6-4(8)2-1-3-5(6)9;4-2(5,6)1-3(7,8)9/h1-3,8-9H,7H2;1H2. The Morgan fingerprint density at radius 3 is 1.39 bits per heavy atom. The molecule has 0 fully saturated rings. The molecule has 0 unspecified atom stereocenters. The van der Waals surface area contributed by atoms with Crippen LogP contribution in [0.1, 0.15) is 6.42 Å². The molecule has 0 amide bonds. The summed E-state index contributed by atoms with van der Waals surface area (Å²) in [5, 5.41) is 17.6. The van der Waals surface area contributed by atoms with Crippen LogP contribution in [-0.4, -0.2) is 22.6 Å². The van der Waals surface area contributed by atoms with Crippen molar-refractivity contribution in [3.05, 3.63) is 18.2 Å². The lowest BCUT2D eigenvalue weighted by atomic mass is 10.3. The third-order valence-electron chi connectivity index (χ3n) is 1.46. The van der Waals surface area contributed by atoms with Crippen molar-refractivity contribution in [3.8, 4) is 11.5 Å². The number of halogens is 6. The third kappa shape index (κ3) is 7.47. The molecular formula is C9H9F6NO2. The Morgan fingerprint density at radius 2 is 1.22 bits per heavy atom. The Hall–Kier alpha value is -1.80.